The lowest BCUT2D eigenvalue weighted by Crippen LogP contribution is -2.33. The van der Waals surface area contributed by atoms with Gasteiger partial charge in [-0.3, -0.25) is 10.1 Å². The van der Waals surface area contributed by atoms with Crippen LogP contribution in [0.2, 0.25) is 0 Å². The van der Waals surface area contributed by atoms with E-state index in [9.17, 15) is 4.79 Å². The highest BCUT2D eigenvalue weighted by molar-refractivity contribution is 5.72. The first-order chi connectivity index (χ1) is 6.63. The average Bonchev–Trinajstić information content (AvgIpc) is 2.61. The molecule has 0 bridgehead atoms. The van der Waals surface area contributed by atoms with Gasteiger partial charge in [0.15, 0.2) is 5.82 Å². The number of hydrogen-bond acceptors (Lipinski definition) is 5. The molecule has 0 saturated heterocycles. The number of nitrogens with one attached hydrogen (secondary N) is 1. The summed E-state index contributed by atoms with van der Waals surface area (Å²) in [6, 6.07) is -0.612. The molecule has 0 saturated carbocycles. The molecule has 78 valence electrons. The summed E-state index contributed by atoms with van der Waals surface area (Å²) in [5.41, 5.74) is 0. The van der Waals surface area contributed by atoms with Crippen molar-refractivity contribution in [3.05, 3.63) is 11.7 Å². The molecule has 0 aliphatic carbocycles. The van der Waals surface area contributed by atoms with Crippen molar-refractivity contribution in [2.45, 2.75) is 32.9 Å². The van der Waals surface area contributed by atoms with E-state index in [1.165, 1.54) is 0 Å². The van der Waals surface area contributed by atoms with Crippen LogP contribution >= 0.6 is 0 Å². The normalized spacial score (nSPS) is 12.7. The molecule has 1 atom stereocenters. The predicted molar refractivity (Wildman–Crippen MR) is 47.6 cm³/mol. The smallest absolute Gasteiger partial charge is 0.320 e. The van der Waals surface area contributed by atoms with Crippen molar-refractivity contribution < 1.29 is 14.4 Å². The van der Waals surface area contributed by atoms with Gasteiger partial charge in [0, 0.05) is 6.42 Å². The minimum atomic E-state index is -0.899. The van der Waals surface area contributed by atoms with E-state index in [1.807, 2.05) is 6.92 Å². The van der Waals surface area contributed by atoms with Gasteiger partial charge in [-0.15, -0.1) is 0 Å². The molecule has 0 amide bonds. The zero-order valence-corrected chi connectivity index (χ0v) is 8.15. The molecule has 1 unspecified atom stereocenters. The van der Waals surface area contributed by atoms with Crippen molar-refractivity contribution in [2.24, 2.45) is 0 Å². The Morgan fingerprint density at radius 2 is 2.43 bits per heavy atom. The van der Waals surface area contributed by atoms with Crippen LogP contribution < -0.4 is 5.32 Å². The third kappa shape index (κ3) is 2.81. The number of carboxylic acids is 1. The Morgan fingerprint density at radius 3 is 2.93 bits per heavy atom. The molecule has 0 fully saturated rings. The minimum absolute atomic E-state index is 0.303. The van der Waals surface area contributed by atoms with Crippen LogP contribution in [0.4, 0.5) is 0 Å². The highest BCUT2D eigenvalue weighted by Crippen LogP contribution is 1.97. The molecule has 2 N–H and O–H groups in total. The number of rotatable bonds is 5. The van der Waals surface area contributed by atoms with Crippen molar-refractivity contribution in [1.82, 2.24) is 15.5 Å². The number of nitrogens with zero attached hydrogens (tertiary/aromatic N) is 2. The second-order valence-corrected chi connectivity index (χ2v) is 2.90. The highest BCUT2D eigenvalue weighted by atomic mass is 16.5. The summed E-state index contributed by atoms with van der Waals surface area (Å²) in [5, 5.41) is 15.0. The lowest BCUT2D eigenvalue weighted by Gasteiger charge is -2.05. The molecule has 1 heterocycles. The Kier molecular flexibility index (Phi) is 3.58. The van der Waals surface area contributed by atoms with E-state index < -0.39 is 12.0 Å². The fraction of sp³-hybridized carbons (Fsp3) is 0.625. The molecule has 14 heavy (non-hydrogen) atoms. The van der Waals surface area contributed by atoms with Gasteiger partial charge < -0.3 is 9.63 Å². The lowest BCUT2D eigenvalue weighted by atomic mass is 10.3. The van der Waals surface area contributed by atoms with E-state index in [2.05, 4.69) is 15.5 Å². The number of carbonyl (C=O) groups is 1. The van der Waals surface area contributed by atoms with Crippen LogP contribution in [-0.4, -0.2) is 27.3 Å². The van der Waals surface area contributed by atoms with Gasteiger partial charge in [0.1, 0.15) is 6.04 Å². The van der Waals surface area contributed by atoms with E-state index in [-0.39, 0.29) is 0 Å². The van der Waals surface area contributed by atoms with Crippen LogP contribution in [0, 0.1) is 0 Å². The first-order valence-corrected chi connectivity index (χ1v) is 4.41. The summed E-state index contributed by atoms with van der Waals surface area (Å²) in [6.45, 7) is 3.77. The van der Waals surface area contributed by atoms with Gasteiger partial charge in [0.05, 0.1) is 6.54 Å². The molecule has 0 aliphatic heterocycles. The molecule has 6 nitrogen and oxygen atoms in total. The van der Waals surface area contributed by atoms with Gasteiger partial charge in [-0.1, -0.05) is 12.1 Å². The van der Waals surface area contributed by atoms with Gasteiger partial charge in [0.25, 0.3) is 0 Å². The SMILES string of the molecule is CCc1nc(CNC(C)C(=O)O)no1. The monoisotopic (exact) mass is 199 g/mol. The van der Waals surface area contributed by atoms with Gasteiger partial charge in [-0.25, -0.2) is 0 Å². The number of hydrogen-bond donors (Lipinski definition) is 2. The standard InChI is InChI=1S/C8H13N3O3/c1-3-7-10-6(11-14-7)4-9-5(2)8(12)13/h5,9H,3-4H2,1-2H3,(H,12,13). The van der Waals surface area contributed by atoms with Crippen LogP contribution in [0.25, 0.3) is 0 Å². The second-order valence-electron chi connectivity index (χ2n) is 2.90. The number of aliphatic carboxylic acids is 1. The first kappa shape index (κ1) is 10.6. The second kappa shape index (κ2) is 4.71. The van der Waals surface area contributed by atoms with Crippen LogP contribution in [0.15, 0.2) is 4.52 Å². The Morgan fingerprint density at radius 1 is 1.71 bits per heavy atom. The van der Waals surface area contributed by atoms with Crippen molar-refractivity contribution in [2.75, 3.05) is 0 Å². The van der Waals surface area contributed by atoms with Gasteiger partial charge in [-0.2, -0.15) is 4.98 Å². The van der Waals surface area contributed by atoms with E-state index in [0.717, 1.165) is 0 Å². The summed E-state index contributed by atoms with van der Waals surface area (Å²) in [4.78, 5) is 14.5. The summed E-state index contributed by atoms with van der Waals surface area (Å²) in [7, 11) is 0. The van der Waals surface area contributed by atoms with E-state index in [0.29, 0.717) is 24.7 Å². The average molecular weight is 199 g/mol. The van der Waals surface area contributed by atoms with E-state index in [4.69, 9.17) is 9.63 Å². The number of aromatic nitrogens is 2. The lowest BCUT2D eigenvalue weighted by molar-refractivity contribution is -0.139. The maximum Gasteiger partial charge on any atom is 0.320 e. The topological polar surface area (TPSA) is 88.2 Å². The molecule has 0 aromatic carbocycles. The quantitative estimate of drug-likeness (QED) is 0.704. The summed E-state index contributed by atoms with van der Waals surface area (Å²) in [6.07, 6.45) is 0.682. The Balaban J connectivity index is 2.41. The zero-order chi connectivity index (χ0) is 10.6. The number of aryl methyl sites for hydroxylation is 1. The summed E-state index contributed by atoms with van der Waals surface area (Å²) < 4.78 is 4.86. The van der Waals surface area contributed by atoms with Crippen molar-refractivity contribution in [3.8, 4) is 0 Å². The molecule has 6 heteroatoms. The minimum Gasteiger partial charge on any atom is -0.480 e. The van der Waals surface area contributed by atoms with Gasteiger partial charge >= 0.3 is 5.97 Å². The third-order valence-electron chi connectivity index (χ3n) is 1.75. The van der Waals surface area contributed by atoms with E-state index in [1.54, 1.807) is 6.92 Å². The molecule has 0 aliphatic rings. The first-order valence-electron chi connectivity index (χ1n) is 4.41. The van der Waals surface area contributed by atoms with Crippen LogP contribution in [0.5, 0.6) is 0 Å². The summed E-state index contributed by atoms with van der Waals surface area (Å²) in [5.74, 6) is 0.143. The highest BCUT2D eigenvalue weighted by Gasteiger charge is 2.11. The maximum absolute atomic E-state index is 10.5. The maximum atomic E-state index is 10.5. The van der Waals surface area contributed by atoms with Gasteiger partial charge in [0.2, 0.25) is 5.89 Å². The fourth-order valence-corrected chi connectivity index (χ4v) is 0.837. The van der Waals surface area contributed by atoms with Crippen molar-refractivity contribution in [3.63, 3.8) is 0 Å². The van der Waals surface area contributed by atoms with Gasteiger partial charge in [-0.05, 0) is 6.92 Å². The molecule has 0 spiro atoms. The molecular formula is C8H13N3O3. The molecule has 1 aromatic rings. The van der Waals surface area contributed by atoms with Crippen LogP contribution in [-0.2, 0) is 17.8 Å². The summed E-state index contributed by atoms with van der Waals surface area (Å²) >= 11 is 0. The van der Waals surface area contributed by atoms with Crippen molar-refractivity contribution >= 4 is 5.97 Å². The zero-order valence-electron chi connectivity index (χ0n) is 8.15. The Labute approximate surface area is 81.3 Å². The molecule has 0 radical (unpaired) electrons. The molecule has 1 rings (SSSR count). The predicted octanol–water partition coefficient (Wildman–Crippen LogP) is 0.195. The van der Waals surface area contributed by atoms with Crippen LogP contribution in [0.1, 0.15) is 25.6 Å². The number of carboxylic acid groups (broad SMARTS) is 1. The fourth-order valence-electron chi connectivity index (χ4n) is 0.837. The van der Waals surface area contributed by atoms with Crippen molar-refractivity contribution in [1.29, 1.82) is 0 Å². The van der Waals surface area contributed by atoms with E-state index >= 15 is 0 Å². The molecule has 1 aromatic heterocycles. The Hall–Kier alpha value is -1.43. The largest absolute Gasteiger partial charge is 0.480 e. The van der Waals surface area contributed by atoms with Crippen LogP contribution in [0.3, 0.4) is 0 Å². The third-order valence-corrected chi connectivity index (χ3v) is 1.75. The molecular weight excluding hydrogens is 186 g/mol. The Bertz CT molecular complexity index is 311.